The van der Waals surface area contributed by atoms with E-state index in [0.717, 1.165) is 39.9 Å². The van der Waals surface area contributed by atoms with Crippen LogP contribution >= 0.6 is 22.9 Å². The standard InChI is InChI=1S/C12H14ClNOS.C2H6/c1-3-15-5-4-9-6-10(13)7-11-12(9)14-8(2)16-11;1-2/h6-7H,3-5H2,1-2H3;1-2H3. The molecule has 1 heterocycles. The van der Waals surface area contributed by atoms with E-state index in [-0.39, 0.29) is 0 Å². The number of hydrogen-bond acceptors (Lipinski definition) is 3. The number of thiazole rings is 1. The van der Waals surface area contributed by atoms with E-state index in [9.17, 15) is 0 Å². The van der Waals surface area contributed by atoms with Gasteiger partial charge in [-0.1, -0.05) is 25.4 Å². The molecule has 0 N–H and O–H groups in total. The molecule has 0 aliphatic rings. The van der Waals surface area contributed by atoms with Crippen molar-refractivity contribution in [1.82, 2.24) is 4.98 Å². The summed E-state index contributed by atoms with van der Waals surface area (Å²) in [4.78, 5) is 4.54. The second kappa shape index (κ2) is 7.72. The summed E-state index contributed by atoms with van der Waals surface area (Å²) in [5.74, 6) is 0. The Morgan fingerprint density at radius 2 is 2.06 bits per heavy atom. The molecule has 18 heavy (non-hydrogen) atoms. The summed E-state index contributed by atoms with van der Waals surface area (Å²) in [6, 6.07) is 3.97. The number of aryl methyl sites for hydroxylation is 1. The van der Waals surface area contributed by atoms with Crippen LogP contribution in [-0.2, 0) is 11.2 Å². The Hall–Kier alpha value is -0.640. The van der Waals surface area contributed by atoms with Crippen molar-refractivity contribution in [3.8, 4) is 0 Å². The van der Waals surface area contributed by atoms with Crippen molar-refractivity contribution in [3.63, 3.8) is 0 Å². The molecule has 0 unspecified atom stereocenters. The number of hydrogen-bond donors (Lipinski definition) is 0. The van der Waals surface area contributed by atoms with Gasteiger partial charge in [0.25, 0.3) is 0 Å². The van der Waals surface area contributed by atoms with Gasteiger partial charge in [0.15, 0.2) is 0 Å². The molecule has 0 spiro atoms. The molecule has 0 fully saturated rings. The summed E-state index contributed by atoms with van der Waals surface area (Å²) < 4.78 is 6.53. The Kier molecular flexibility index (Phi) is 6.61. The van der Waals surface area contributed by atoms with Crippen LogP contribution in [0.2, 0.25) is 5.02 Å². The number of fused-ring (bicyclic) bond motifs is 1. The van der Waals surface area contributed by atoms with E-state index >= 15 is 0 Å². The first-order chi connectivity index (χ1) is 8.70. The first-order valence-corrected chi connectivity index (χ1v) is 7.53. The van der Waals surface area contributed by atoms with Gasteiger partial charge in [-0.2, -0.15) is 0 Å². The summed E-state index contributed by atoms with van der Waals surface area (Å²) in [6.45, 7) is 9.49. The molecule has 1 aromatic carbocycles. The first-order valence-electron chi connectivity index (χ1n) is 6.34. The molecule has 0 saturated carbocycles. The number of halogens is 1. The van der Waals surface area contributed by atoms with Crippen molar-refractivity contribution in [2.45, 2.75) is 34.1 Å². The second-order valence-electron chi connectivity index (χ2n) is 3.59. The monoisotopic (exact) mass is 285 g/mol. The van der Waals surface area contributed by atoms with Crippen LogP contribution in [0.25, 0.3) is 10.2 Å². The zero-order valence-corrected chi connectivity index (χ0v) is 13.0. The molecule has 0 bridgehead atoms. The predicted molar refractivity (Wildman–Crippen MR) is 80.9 cm³/mol. The van der Waals surface area contributed by atoms with Crippen molar-refractivity contribution >= 4 is 33.2 Å². The summed E-state index contributed by atoms with van der Waals surface area (Å²) in [5, 5.41) is 1.86. The highest BCUT2D eigenvalue weighted by Gasteiger charge is 2.07. The van der Waals surface area contributed by atoms with E-state index in [1.165, 1.54) is 5.56 Å². The lowest BCUT2D eigenvalue weighted by Crippen LogP contribution is -1.98. The maximum atomic E-state index is 6.08. The van der Waals surface area contributed by atoms with E-state index in [1.807, 2.05) is 39.8 Å². The van der Waals surface area contributed by atoms with Crippen LogP contribution in [0.4, 0.5) is 0 Å². The number of rotatable bonds is 4. The third kappa shape index (κ3) is 3.94. The predicted octanol–water partition coefficient (Wildman–Crippen LogP) is 4.86. The van der Waals surface area contributed by atoms with E-state index < -0.39 is 0 Å². The molecule has 0 atom stereocenters. The zero-order valence-electron chi connectivity index (χ0n) is 11.4. The Morgan fingerprint density at radius 1 is 1.33 bits per heavy atom. The molecule has 2 rings (SSSR count). The summed E-state index contributed by atoms with van der Waals surface area (Å²) in [5.41, 5.74) is 2.26. The fourth-order valence-corrected chi connectivity index (χ4v) is 2.91. The highest BCUT2D eigenvalue weighted by Crippen LogP contribution is 2.28. The lowest BCUT2D eigenvalue weighted by molar-refractivity contribution is 0.151. The van der Waals surface area contributed by atoms with Gasteiger partial charge < -0.3 is 4.74 Å². The smallest absolute Gasteiger partial charge is 0.0907 e. The summed E-state index contributed by atoms with van der Waals surface area (Å²) >= 11 is 7.77. The maximum absolute atomic E-state index is 6.08. The van der Waals surface area contributed by atoms with Crippen LogP contribution in [0.5, 0.6) is 0 Å². The SMILES string of the molecule is CC.CCOCCc1cc(Cl)cc2sc(C)nc12. The van der Waals surface area contributed by atoms with Crippen molar-refractivity contribution in [2.75, 3.05) is 13.2 Å². The molecule has 0 saturated heterocycles. The molecule has 4 heteroatoms. The van der Waals surface area contributed by atoms with Crippen LogP contribution in [0.1, 0.15) is 31.3 Å². The third-order valence-corrected chi connectivity index (χ3v) is 3.50. The molecule has 2 nitrogen and oxygen atoms in total. The highest BCUT2D eigenvalue weighted by atomic mass is 35.5. The van der Waals surface area contributed by atoms with E-state index in [0.29, 0.717) is 0 Å². The van der Waals surface area contributed by atoms with Crippen LogP contribution in [0.3, 0.4) is 0 Å². The minimum absolute atomic E-state index is 0.725. The first kappa shape index (κ1) is 15.4. The molecule has 2 aromatic rings. The largest absolute Gasteiger partial charge is 0.381 e. The lowest BCUT2D eigenvalue weighted by Gasteiger charge is -2.03. The zero-order chi connectivity index (χ0) is 13.5. The Labute approximate surface area is 118 Å². The maximum Gasteiger partial charge on any atom is 0.0907 e. The molecule has 0 amide bonds. The van der Waals surface area contributed by atoms with E-state index in [2.05, 4.69) is 4.98 Å². The van der Waals surface area contributed by atoms with E-state index in [1.54, 1.807) is 11.3 Å². The fourth-order valence-electron chi connectivity index (χ4n) is 1.69. The van der Waals surface area contributed by atoms with Crippen LogP contribution in [0, 0.1) is 6.92 Å². The highest BCUT2D eigenvalue weighted by molar-refractivity contribution is 7.18. The van der Waals surface area contributed by atoms with Crippen LogP contribution in [0.15, 0.2) is 12.1 Å². The van der Waals surface area contributed by atoms with Gasteiger partial charge in [0.05, 0.1) is 21.8 Å². The summed E-state index contributed by atoms with van der Waals surface area (Å²) in [6.07, 6.45) is 0.869. The van der Waals surface area contributed by atoms with Gasteiger partial charge in [-0.3, -0.25) is 0 Å². The van der Waals surface area contributed by atoms with Gasteiger partial charge >= 0.3 is 0 Å². The molecular weight excluding hydrogens is 266 g/mol. The minimum Gasteiger partial charge on any atom is -0.381 e. The van der Waals surface area contributed by atoms with Gasteiger partial charge in [0, 0.05) is 11.6 Å². The lowest BCUT2D eigenvalue weighted by atomic mass is 10.1. The number of benzene rings is 1. The van der Waals surface area contributed by atoms with Gasteiger partial charge in [-0.05, 0) is 38.0 Å². The van der Waals surface area contributed by atoms with Crippen LogP contribution < -0.4 is 0 Å². The Balaban J connectivity index is 0.000000771. The summed E-state index contributed by atoms with van der Waals surface area (Å²) in [7, 11) is 0. The topological polar surface area (TPSA) is 22.1 Å². The normalized spacial score (nSPS) is 10.3. The van der Waals surface area contributed by atoms with Crippen molar-refractivity contribution in [2.24, 2.45) is 0 Å². The van der Waals surface area contributed by atoms with Crippen molar-refractivity contribution < 1.29 is 4.74 Å². The number of nitrogens with zero attached hydrogens (tertiary/aromatic N) is 1. The average molecular weight is 286 g/mol. The second-order valence-corrected chi connectivity index (χ2v) is 5.26. The number of ether oxygens (including phenoxy) is 1. The molecule has 0 radical (unpaired) electrons. The fraction of sp³-hybridized carbons (Fsp3) is 0.500. The van der Waals surface area contributed by atoms with E-state index in [4.69, 9.17) is 16.3 Å². The Morgan fingerprint density at radius 3 is 2.72 bits per heavy atom. The van der Waals surface area contributed by atoms with Gasteiger partial charge in [-0.25, -0.2) is 4.98 Å². The van der Waals surface area contributed by atoms with Gasteiger partial charge in [0.1, 0.15) is 0 Å². The quantitative estimate of drug-likeness (QED) is 0.748. The van der Waals surface area contributed by atoms with Gasteiger partial charge in [0.2, 0.25) is 0 Å². The molecular formula is C14H20ClNOS. The molecule has 100 valence electrons. The van der Waals surface area contributed by atoms with Crippen molar-refractivity contribution in [1.29, 1.82) is 0 Å². The van der Waals surface area contributed by atoms with Crippen LogP contribution in [-0.4, -0.2) is 18.2 Å². The molecule has 1 aromatic heterocycles. The Bertz CT molecular complexity index is 496. The third-order valence-electron chi connectivity index (χ3n) is 2.37. The van der Waals surface area contributed by atoms with Crippen molar-refractivity contribution in [3.05, 3.63) is 27.7 Å². The molecule has 0 aliphatic carbocycles. The molecule has 0 aliphatic heterocycles. The minimum atomic E-state index is 0.725. The average Bonchev–Trinajstić information content (AvgIpc) is 2.72. The van der Waals surface area contributed by atoms with Gasteiger partial charge in [-0.15, -0.1) is 11.3 Å². The number of aromatic nitrogens is 1.